The van der Waals surface area contributed by atoms with Crippen molar-refractivity contribution in [3.63, 3.8) is 0 Å². The van der Waals surface area contributed by atoms with Crippen molar-refractivity contribution in [3.05, 3.63) is 18.2 Å². The van der Waals surface area contributed by atoms with Gasteiger partial charge in [0.25, 0.3) is 0 Å². The van der Waals surface area contributed by atoms with Crippen molar-refractivity contribution in [3.8, 4) is 11.5 Å². The number of nitrogens with one attached hydrogen (secondary N) is 1. The first-order chi connectivity index (χ1) is 12.1. The van der Waals surface area contributed by atoms with Gasteiger partial charge in [-0.15, -0.1) is 0 Å². The maximum atomic E-state index is 12.0. The molecule has 2 heterocycles. The van der Waals surface area contributed by atoms with Gasteiger partial charge in [0.15, 0.2) is 11.5 Å². The number of nitrogens with zero attached hydrogens (tertiary/aromatic N) is 1. The van der Waals surface area contributed by atoms with Crippen LogP contribution in [0.3, 0.4) is 0 Å². The van der Waals surface area contributed by atoms with E-state index in [1.54, 1.807) is 23.1 Å². The summed E-state index contributed by atoms with van der Waals surface area (Å²) in [5.74, 6) is 1.09. The Hall–Kier alpha value is -2.28. The van der Waals surface area contributed by atoms with E-state index >= 15 is 0 Å². The molecule has 1 aromatic carbocycles. The van der Waals surface area contributed by atoms with Crippen molar-refractivity contribution in [2.45, 2.75) is 32.3 Å². The first kappa shape index (κ1) is 17.5. The zero-order valence-electron chi connectivity index (χ0n) is 14.5. The summed E-state index contributed by atoms with van der Waals surface area (Å²) < 4.78 is 16.5. The quantitative estimate of drug-likeness (QED) is 0.843. The minimum absolute atomic E-state index is 0.0840. The Balaban J connectivity index is 1.55. The lowest BCUT2D eigenvalue weighted by molar-refractivity contribution is -0.121. The molecule has 2 amide bonds. The third-order valence-electron chi connectivity index (χ3n) is 4.33. The van der Waals surface area contributed by atoms with Crippen LogP contribution in [0.1, 0.15) is 26.2 Å². The van der Waals surface area contributed by atoms with Crippen LogP contribution in [0.2, 0.25) is 0 Å². The lowest BCUT2D eigenvalue weighted by Crippen LogP contribution is -2.36. The van der Waals surface area contributed by atoms with E-state index in [0.717, 1.165) is 19.4 Å². The first-order valence-corrected chi connectivity index (χ1v) is 8.69. The predicted octanol–water partition coefficient (Wildman–Crippen LogP) is 1.50. The summed E-state index contributed by atoms with van der Waals surface area (Å²) in [5, 5.41) is 2.87. The molecule has 2 aliphatic rings. The summed E-state index contributed by atoms with van der Waals surface area (Å²) in [5.41, 5.74) is 0.698. The Morgan fingerprint density at radius 1 is 1.20 bits per heavy atom. The van der Waals surface area contributed by atoms with Gasteiger partial charge in [0.2, 0.25) is 11.8 Å². The van der Waals surface area contributed by atoms with Crippen molar-refractivity contribution in [2.24, 2.45) is 0 Å². The number of hydrogen-bond acceptors (Lipinski definition) is 5. The third kappa shape index (κ3) is 4.63. The molecule has 0 saturated carbocycles. The van der Waals surface area contributed by atoms with Crippen LogP contribution in [0, 0.1) is 0 Å². The van der Waals surface area contributed by atoms with E-state index in [1.807, 2.05) is 0 Å². The number of ether oxygens (including phenoxy) is 3. The highest BCUT2D eigenvalue weighted by molar-refractivity contribution is 5.92. The molecule has 1 fully saturated rings. The molecule has 136 valence electrons. The third-order valence-corrected chi connectivity index (χ3v) is 4.33. The van der Waals surface area contributed by atoms with Crippen LogP contribution in [0.25, 0.3) is 0 Å². The van der Waals surface area contributed by atoms with E-state index in [4.69, 9.17) is 14.2 Å². The fourth-order valence-electron chi connectivity index (χ4n) is 3.00. The fourth-order valence-corrected chi connectivity index (χ4v) is 3.00. The number of carbonyl (C=O) groups excluding carboxylic acids is 2. The summed E-state index contributed by atoms with van der Waals surface area (Å²) in [6, 6.07) is 5.37. The van der Waals surface area contributed by atoms with E-state index in [1.165, 1.54) is 6.92 Å². The highest BCUT2D eigenvalue weighted by atomic mass is 16.6. The average molecular weight is 348 g/mol. The van der Waals surface area contributed by atoms with Crippen molar-refractivity contribution < 1.29 is 23.8 Å². The fraction of sp³-hybridized carbons (Fsp3) is 0.556. The minimum Gasteiger partial charge on any atom is -0.486 e. The molecular formula is C18H24N2O5. The van der Waals surface area contributed by atoms with Crippen LogP contribution in [0.5, 0.6) is 11.5 Å². The number of rotatable bonds is 6. The second kappa shape index (κ2) is 8.20. The molecule has 1 N–H and O–H groups in total. The largest absolute Gasteiger partial charge is 0.486 e. The summed E-state index contributed by atoms with van der Waals surface area (Å²) in [6.07, 6.45) is 2.38. The number of amides is 2. The normalized spacial score (nSPS) is 18.7. The molecule has 7 nitrogen and oxygen atoms in total. The number of fused-ring (bicyclic) bond motifs is 1. The zero-order valence-corrected chi connectivity index (χ0v) is 14.5. The Morgan fingerprint density at radius 3 is 2.72 bits per heavy atom. The number of anilines is 1. The molecule has 1 unspecified atom stereocenters. The molecule has 1 saturated heterocycles. The first-order valence-electron chi connectivity index (χ1n) is 8.69. The van der Waals surface area contributed by atoms with Crippen molar-refractivity contribution in [2.75, 3.05) is 37.8 Å². The smallest absolute Gasteiger partial charge is 0.223 e. The minimum atomic E-state index is -0.122. The van der Waals surface area contributed by atoms with Gasteiger partial charge in [-0.05, 0) is 25.0 Å². The Morgan fingerprint density at radius 2 is 2.00 bits per heavy atom. The van der Waals surface area contributed by atoms with Gasteiger partial charge in [-0.1, -0.05) is 0 Å². The van der Waals surface area contributed by atoms with Gasteiger partial charge in [-0.25, -0.2) is 0 Å². The topological polar surface area (TPSA) is 77.1 Å². The summed E-state index contributed by atoms with van der Waals surface area (Å²) >= 11 is 0. The van der Waals surface area contributed by atoms with Crippen LogP contribution in [0.4, 0.5) is 5.69 Å². The molecule has 7 heteroatoms. The van der Waals surface area contributed by atoms with E-state index in [-0.39, 0.29) is 24.3 Å². The summed E-state index contributed by atoms with van der Waals surface area (Å²) in [7, 11) is 0. The second-order valence-electron chi connectivity index (χ2n) is 6.19. The van der Waals surface area contributed by atoms with E-state index < -0.39 is 0 Å². The molecule has 0 aliphatic carbocycles. The van der Waals surface area contributed by atoms with E-state index in [2.05, 4.69) is 5.32 Å². The molecule has 0 spiro atoms. The lowest BCUT2D eigenvalue weighted by Gasteiger charge is -2.24. The van der Waals surface area contributed by atoms with E-state index in [0.29, 0.717) is 43.5 Å². The second-order valence-corrected chi connectivity index (χ2v) is 6.19. The van der Waals surface area contributed by atoms with Gasteiger partial charge in [0, 0.05) is 44.8 Å². The van der Waals surface area contributed by atoms with Crippen LogP contribution < -0.4 is 19.7 Å². The van der Waals surface area contributed by atoms with Crippen molar-refractivity contribution in [1.29, 1.82) is 0 Å². The SMILES string of the molecule is CC(=O)N(CCC(=O)NCC1CCCO1)c1ccc2c(c1)OCCO2. The predicted molar refractivity (Wildman–Crippen MR) is 92.1 cm³/mol. The number of carbonyl (C=O) groups is 2. The Kier molecular flexibility index (Phi) is 5.75. The van der Waals surface area contributed by atoms with Gasteiger partial charge in [0.1, 0.15) is 13.2 Å². The standard InChI is InChI=1S/C18H24N2O5/c1-13(21)20(7-6-18(22)19-12-15-3-2-8-23-15)14-4-5-16-17(11-14)25-10-9-24-16/h4-5,11,15H,2-3,6-10,12H2,1H3,(H,19,22). The van der Waals surface area contributed by atoms with Gasteiger partial charge in [-0.3, -0.25) is 9.59 Å². The van der Waals surface area contributed by atoms with Crippen LogP contribution in [0.15, 0.2) is 18.2 Å². The van der Waals surface area contributed by atoms with E-state index in [9.17, 15) is 9.59 Å². The van der Waals surface area contributed by atoms with Gasteiger partial charge < -0.3 is 24.4 Å². The van der Waals surface area contributed by atoms with Crippen LogP contribution >= 0.6 is 0 Å². The van der Waals surface area contributed by atoms with Gasteiger partial charge in [-0.2, -0.15) is 0 Å². The maximum absolute atomic E-state index is 12.0. The van der Waals surface area contributed by atoms with Gasteiger partial charge >= 0.3 is 0 Å². The molecule has 1 aromatic rings. The van der Waals surface area contributed by atoms with Crippen LogP contribution in [-0.4, -0.2) is 50.8 Å². The molecular weight excluding hydrogens is 324 g/mol. The van der Waals surface area contributed by atoms with Gasteiger partial charge in [0.05, 0.1) is 6.10 Å². The maximum Gasteiger partial charge on any atom is 0.223 e. The monoisotopic (exact) mass is 348 g/mol. The number of hydrogen-bond donors (Lipinski definition) is 1. The lowest BCUT2D eigenvalue weighted by atomic mass is 10.2. The van der Waals surface area contributed by atoms with Crippen molar-refractivity contribution >= 4 is 17.5 Å². The Labute approximate surface area is 147 Å². The summed E-state index contributed by atoms with van der Waals surface area (Å²) in [6.45, 7) is 4.11. The molecule has 1 atom stereocenters. The van der Waals surface area contributed by atoms with Crippen molar-refractivity contribution in [1.82, 2.24) is 5.32 Å². The highest BCUT2D eigenvalue weighted by Gasteiger charge is 2.19. The number of benzene rings is 1. The molecule has 0 aromatic heterocycles. The zero-order chi connectivity index (χ0) is 17.6. The summed E-state index contributed by atoms with van der Waals surface area (Å²) in [4.78, 5) is 25.6. The molecule has 25 heavy (non-hydrogen) atoms. The molecule has 0 radical (unpaired) electrons. The molecule has 0 bridgehead atoms. The Bertz CT molecular complexity index is 628. The average Bonchev–Trinajstić information content (AvgIpc) is 3.13. The van der Waals surface area contributed by atoms with Crippen LogP contribution in [-0.2, 0) is 14.3 Å². The molecule has 3 rings (SSSR count). The highest BCUT2D eigenvalue weighted by Crippen LogP contribution is 2.34. The molecule has 2 aliphatic heterocycles.